The second-order valence-corrected chi connectivity index (χ2v) is 8.18. The Morgan fingerprint density at radius 3 is 2.58 bits per heavy atom. The highest BCUT2D eigenvalue weighted by molar-refractivity contribution is 5.77. The zero-order valence-electron chi connectivity index (χ0n) is 16.3. The second-order valence-electron chi connectivity index (χ2n) is 8.18. The van der Waals surface area contributed by atoms with Crippen molar-refractivity contribution < 1.29 is 19.0 Å². The van der Waals surface area contributed by atoms with Crippen LogP contribution in [0.1, 0.15) is 67.2 Å². The third kappa shape index (κ3) is 3.80. The molecule has 1 aliphatic carbocycles. The lowest BCUT2D eigenvalue weighted by Crippen LogP contribution is -2.46. The highest BCUT2D eigenvalue weighted by Crippen LogP contribution is 2.43. The van der Waals surface area contributed by atoms with E-state index in [1.165, 1.54) is 0 Å². The van der Waals surface area contributed by atoms with Crippen LogP contribution < -0.4 is 0 Å². The van der Waals surface area contributed by atoms with E-state index in [1.54, 1.807) is 0 Å². The lowest BCUT2D eigenvalue weighted by Gasteiger charge is -2.39. The fourth-order valence-corrected chi connectivity index (χ4v) is 4.46. The summed E-state index contributed by atoms with van der Waals surface area (Å²) < 4.78 is 17.9. The van der Waals surface area contributed by atoms with Gasteiger partial charge in [-0.2, -0.15) is 0 Å². The number of carbonyl (C=O) groups is 1. The van der Waals surface area contributed by atoms with Gasteiger partial charge in [-0.3, -0.25) is 4.79 Å². The monoisotopic (exact) mass is 340 g/mol. The standard InChI is InChI=1S/C20H36O4/c1-7-10-20(6,14(5)13(3)4)19(21)24-17-15-9-11-23-18(17)16(12-15)22-8-2/h13-18H,7-12H2,1-6H3. The molecule has 1 heterocycles. The fraction of sp³-hybridized carbons (Fsp3) is 0.950. The molecule has 24 heavy (non-hydrogen) atoms. The summed E-state index contributed by atoms with van der Waals surface area (Å²) in [7, 11) is 0. The second kappa shape index (κ2) is 8.18. The molecule has 6 unspecified atom stereocenters. The lowest BCUT2D eigenvalue weighted by atomic mass is 9.70. The van der Waals surface area contributed by atoms with Crippen LogP contribution in [0.5, 0.6) is 0 Å². The van der Waals surface area contributed by atoms with Gasteiger partial charge in [-0.05, 0) is 44.9 Å². The maximum Gasteiger partial charge on any atom is 0.312 e. The summed E-state index contributed by atoms with van der Waals surface area (Å²) in [6.07, 6.45) is 3.59. The average Bonchev–Trinajstić information content (AvgIpc) is 2.71. The van der Waals surface area contributed by atoms with E-state index in [-0.39, 0.29) is 30.2 Å². The van der Waals surface area contributed by atoms with Crippen LogP contribution in [-0.2, 0) is 19.0 Å². The Morgan fingerprint density at radius 1 is 1.29 bits per heavy atom. The molecule has 2 fully saturated rings. The summed E-state index contributed by atoms with van der Waals surface area (Å²) in [5.41, 5.74) is -0.430. The first-order chi connectivity index (χ1) is 11.3. The molecule has 0 aromatic heterocycles. The molecule has 6 atom stereocenters. The van der Waals surface area contributed by atoms with Crippen molar-refractivity contribution in [1.29, 1.82) is 0 Å². The zero-order valence-corrected chi connectivity index (χ0v) is 16.3. The van der Waals surface area contributed by atoms with Crippen LogP contribution in [-0.4, -0.2) is 37.5 Å². The molecule has 1 aliphatic heterocycles. The van der Waals surface area contributed by atoms with Gasteiger partial charge in [0.05, 0.1) is 11.5 Å². The van der Waals surface area contributed by atoms with Crippen LogP contribution in [0.4, 0.5) is 0 Å². The summed E-state index contributed by atoms with van der Waals surface area (Å²) in [5.74, 6) is 1.07. The van der Waals surface area contributed by atoms with E-state index in [0.717, 1.165) is 32.3 Å². The molecule has 2 bridgehead atoms. The smallest absolute Gasteiger partial charge is 0.312 e. The van der Waals surface area contributed by atoms with Gasteiger partial charge in [-0.25, -0.2) is 0 Å². The fourth-order valence-electron chi connectivity index (χ4n) is 4.46. The number of rotatable bonds is 8. The summed E-state index contributed by atoms with van der Waals surface area (Å²) in [5, 5.41) is 0. The van der Waals surface area contributed by atoms with Crippen LogP contribution in [0.15, 0.2) is 0 Å². The Kier molecular flexibility index (Phi) is 6.72. The third-order valence-electron chi connectivity index (χ3n) is 6.35. The SMILES string of the molecule is CCCC(C)(C(=O)OC1C2CCOC1C(OCC)C2)C(C)C(C)C. The van der Waals surface area contributed by atoms with Gasteiger partial charge in [0.15, 0.2) is 0 Å². The number of ether oxygens (including phenoxy) is 3. The molecular weight excluding hydrogens is 304 g/mol. The van der Waals surface area contributed by atoms with Gasteiger partial charge in [-0.15, -0.1) is 0 Å². The average molecular weight is 341 g/mol. The van der Waals surface area contributed by atoms with Crippen LogP contribution in [0, 0.1) is 23.2 Å². The topological polar surface area (TPSA) is 44.8 Å². The molecule has 2 aliphatic rings. The number of fused-ring (bicyclic) bond motifs is 2. The van der Waals surface area contributed by atoms with Gasteiger partial charge in [-0.1, -0.05) is 34.1 Å². The van der Waals surface area contributed by atoms with Crippen molar-refractivity contribution in [3.05, 3.63) is 0 Å². The van der Waals surface area contributed by atoms with E-state index in [1.807, 2.05) is 6.92 Å². The molecule has 0 aromatic carbocycles. The van der Waals surface area contributed by atoms with Crippen LogP contribution in [0.3, 0.4) is 0 Å². The van der Waals surface area contributed by atoms with Crippen molar-refractivity contribution in [2.75, 3.05) is 13.2 Å². The molecule has 4 nitrogen and oxygen atoms in total. The highest BCUT2D eigenvalue weighted by atomic mass is 16.6. The molecule has 0 spiro atoms. The van der Waals surface area contributed by atoms with E-state index in [9.17, 15) is 4.79 Å². The van der Waals surface area contributed by atoms with Crippen LogP contribution in [0.2, 0.25) is 0 Å². The summed E-state index contributed by atoms with van der Waals surface area (Å²) in [6.45, 7) is 14.2. The van der Waals surface area contributed by atoms with E-state index in [4.69, 9.17) is 14.2 Å². The van der Waals surface area contributed by atoms with Gasteiger partial charge < -0.3 is 14.2 Å². The number of hydrogen-bond acceptors (Lipinski definition) is 4. The van der Waals surface area contributed by atoms with Gasteiger partial charge in [0.25, 0.3) is 0 Å². The first-order valence-electron chi connectivity index (χ1n) is 9.79. The molecule has 140 valence electrons. The first kappa shape index (κ1) is 19.7. The Hall–Kier alpha value is -0.610. The van der Waals surface area contributed by atoms with Gasteiger partial charge >= 0.3 is 5.97 Å². The van der Waals surface area contributed by atoms with Crippen LogP contribution >= 0.6 is 0 Å². The molecule has 4 heteroatoms. The minimum absolute atomic E-state index is 0.0480. The predicted molar refractivity (Wildman–Crippen MR) is 94.8 cm³/mol. The van der Waals surface area contributed by atoms with E-state index in [0.29, 0.717) is 18.4 Å². The first-order valence-corrected chi connectivity index (χ1v) is 9.79. The Balaban J connectivity index is 2.12. The van der Waals surface area contributed by atoms with Crippen molar-refractivity contribution in [2.45, 2.75) is 85.5 Å². The summed E-state index contributed by atoms with van der Waals surface area (Å²) in [6, 6.07) is 0. The van der Waals surface area contributed by atoms with E-state index < -0.39 is 5.41 Å². The van der Waals surface area contributed by atoms with Gasteiger partial charge in [0, 0.05) is 19.1 Å². The number of carbonyl (C=O) groups excluding carboxylic acids is 1. The number of esters is 1. The normalized spacial score (nSPS) is 33.3. The van der Waals surface area contributed by atoms with Crippen molar-refractivity contribution in [2.24, 2.45) is 23.2 Å². The third-order valence-corrected chi connectivity index (χ3v) is 6.35. The molecule has 1 saturated carbocycles. The summed E-state index contributed by atoms with van der Waals surface area (Å²) >= 11 is 0. The molecule has 0 amide bonds. The maximum atomic E-state index is 13.1. The molecule has 2 rings (SSSR count). The Labute approximate surface area is 147 Å². The highest BCUT2D eigenvalue weighted by Gasteiger charge is 2.51. The van der Waals surface area contributed by atoms with Crippen LogP contribution in [0.25, 0.3) is 0 Å². The molecule has 0 radical (unpaired) electrons. The minimum atomic E-state index is -0.430. The minimum Gasteiger partial charge on any atom is -0.459 e. The van der Waals surface area contributed by atoms with Crippen molar-refractivity contribution in [1.82, 2.24) is 0 Å². The number of hydrogen-bond donors (Lipinski definition) is 0. The molecule has 1 saturated heterocycles. The molecule has 0 N–H and O–H groups in total. The van der Waals surface area contributed by atoms with Crippen molar-refractivity contribution in [3.8, 4) is 0 Å². The molecule has 0 aromatic rings. The van der Waals surface area contributed by atoms with E-state index in [2.05, 4.69) is 34.6 Å². The predicted octanol–water partition coefficient (Wildman–Crippen LogP) is 4.21. The zero-order chi connectivity index (χ0) is 17.9. The molecular formula is C20H36O4. The summed E-state index contributed by atoms with van der Waals surface area (Å²) in [4.78, 5) is 13.1. The Morgan fingerprint density at radius 2 is 2.00 bits per heavy atom. The Bertz CT molecular complexity index is 422. The van der Waals surface area contributed by atoms with Crippen molar-refractivity contribution in [3.63, 3.8) is 0 Å². The van der Waals surface area contributed by atoms with Crippen molar-refractivity contribution >= 4 is 5.97 Å². The van der Waals surface area contributed by atoms with E-state index >= 15 is 0 Å². The quantitative estimate of drug-likeness (QED) is 0.621. The van der Waals surface area contributed by atoms with Gasteiger partial charge in [0.2, 0.25) is 0 Å². The maximum absolute atomic E-state index is 13.1. The van der Waals surface area contributed by atoms with Gasteiger partial charge in [0.1, 0.15) is 12.2 Å². The largest absolute Gasteiger partial charge is 0.459 e. The lowest BCUT2D eigenvalue weighted by molar-refractivity contribution is -0.184.